The standard InChI is InChI=1S/C12H17NO/c1-10(11-6-4-3-5-7-11)13-12(14-2)8-9-12/h3-7,10,13H,8-9H2,1-2H3. The Morgan fingerprint density at radius 3 is 2.43 bits per heavy atom. The Morgan fingerprint density at radius 2 is 1.93 bits per heavy atom. The Hall–Kier alpha value is -0.860. The highest BCUT2D eigenvalue weighted by Crippen LogP contribution is 2.37. The van der Waals surface area contributed by atoms with Gasteiger partial charge < -0.3 is 4.74 Å². The maximum atomic E-state index is 5.43. The number of hydrogen-bond acceptors (Lipinski definition) is 2. The van der Waals surface area contributed by atoms with Crippen LogP contribution in [0.4, 0.5) is 0 Å². The molecule has 1 aliphatic carbocycles. The number of methoxy groups -OCH3 is 1. The maximum Gasteiger partial charge on any atom is 0.119 e. The average molecular weight is 191 g/mol. The third kappa shape index (κ3) is 1.97. The molecule has 0 aromatic heterocycles. The summed E-state index contributed by atoms with van der Waals surface area (Å²) in [6.45, 7) is 2.18. The summed E-state index contributed by atoms with van der Waals surface area (Å²) < 4.78 is 5.43. The van der Waals surface area contributed by atoms with Gasteiger partial charge in [-0.05, 0) is 25.3 Å². The van der Waals surface area contributed by atoms with Crippen molar-refractivity contribution in [3.05, 3.63) is 35.9 Å². The van der Waals surface area contributed by atoms with Gasteiger partial charge in [-0.25, -0.2) is 0 Å². The van der Waals surface area contributed by atoms with Crippen molar-refractivity contribution in [2.75, 3.05) is 7.11 Å². The van der Waals surface area contributed by atoms with E-state index in [1.165, 1.54) is 5.56 Å². The van der Waals surface area contributed by atoms with Crippen molar-refractivity contribution in [3.8, 4) is 0 Å². The van der Waals surface area contributed by atoms with E-state index in [9.17, 15) is 0 Å². The second-order valence-electron chi connectivity index (χ2n) is 3.98. The topological polar surface area (TPSA) is 21.3 Å². The van der Waals surface area contributed by atoms with E-state index >= 15 is 0 Å². The van der Waals surface area contributed by atoms with Crippen molar-refractivity contribution in [1.29, 1.82) is 0 Å². The number of rotatable bonds is 4. The summed E-state index contributed by atoms with van der Waals surface area (Å²) in [4.78, 5) is 0. The molecule has 0 amide bonds. The van der Waals surface area contributed by atoms with E-state index in [-0.39, 0.29) is 5.72 Å². The fourth-order valence-electron chi connectivity index (χ4n) is 1.74. The Labute approximate surface area is 85.3 Å². The largest absolute Gasteiger partial charge is 0.364 e. The molecule has 1 aromatic rings. The van der Waals surface area contributed by atoms with Gasteiger partial charge in [0.05, 0.1) is 0 Å². The lowest BCUT2D eigenvalue weighted by atomic mass is 10.1. The van der Waals surface area contributed by atoms with Crippen molar-refractivity contribution in [1.82, 2.24) is 5.32 Å². The van der Waals surface area contributed by atoms with E-state index in [2.05, 4.69) is 36.5 Å². The fraction of sp³-hybridized carbons (Fsp3) is 0.500. The number of hydrogen-bond donors (Lipinski definition) is 1. The molecule has 0 spiro atoms. The Morgan fingerprint density at radius 1 is 1.29 bits per heavy atom. The maximum absolute atomic E-state index is 5.43. The summed E-state index contributed by atoms with van der Waals surface area (Å²) in [5.41, 5.74) is 1.28. The van der Waals surface area contributed by atoms with Crippen LogP contribution in [-0.4, -0.2) is 12.8 Å². The second-order valence-corrected chi connectivity index (χ2v) is 3.98. The second kappa shape index (κ2) is 3.71. The van der Waals surface area contributed by atoms with Gasteiger partial charge >= 0.3 is 0 Å². The summed E-state index contributed by atoms with van der Waals surface area (Å²) in [6.07, 6.45) is 2.25. The van der Waals surface area contributed by atoms with Crippen molar-refractivity contribution < 1.29 is 4.74 Å². The molecule has 1 atom stereocenters. The van der Waals surface area contributed by atoms with Crippen LogP contribution in [0.15, 0.2) is 30.3 Å². The summed E-state index contributed by atoms with van der Waals surface area (Å²) in [5, 5.41) is 3.51. The zero-order chi connectivity index (χ0) is 10.0. The number of ether oxygens (including phenoxy) is 1. The molecular weight excluding hydrogens is 174 g/mol. The van der Waals surface area contributed by atoms with E-state index in [1.54, 1.807) is 7.11 Å². The van der Waals surface area contributed by atoms with Crippen molar-refractivity contribution in [3.63, 3.8) is 0 Å². The molecule has 2 nitrogen and oxygen atoms in total. The van der Waals surface area contributed by atoms with E-state index in [1.807, 2.05) is 6.07 Å². The lowest BCUT2D eigenvalue weighted by Gasteiger charge is -2.21. The fourth-order valence-corrected chi connectivity index (χ4v) is 1.74. The van der Waals surface area contributed by atoms with Crippen LogP contribution in [0.2, 0.25) is 0 Å². The molecule has 1 fully saturated rings. The van der Waals surface area contributed by atoms with Crippen LogP contribution in [0.3, 0.4) is 0 Å². The van der Waals surface area contributed by atoms with Crippen LogP contribution in [-0.2, 0) is 4.74 Å². The lowest BCUT2D eigenvalue weighted by Crippen LogP contribution is -2.35. The predicted molar refractivity (Wildman–Crippen MR) is 57.0 cm³/mol. The highest BCUT2D eigenvalue weighted by Gasteiger charge is 2.43. The quantitative estimate of drug-likeness (QED) is 0.738. The molecule has 2 heteroatoms. The summed E-state index contributed by atoms with van der Waals surface area (Å²) >= 11 is 0. The molecule has 1 N–H and O–H groups in total. The normalized spacial score (nSPS) is 20.4. The number of benzene rings is 1. The first-order valence-electron chi connectivity index (χ1n) is 5.13. The van der Waals surface area contributed by atoms with Gasteiger partial charge in [0, 0.05) is 13.2 Å². The number of nitrogens with one attached hydrogen (secondary N) is 1. The van der Waals surface area contributed by atoms with E-state index in [4.69, 9.17) is 4.74 Å². The Balaban J connectivity index is 1.99. The minimum Gasteiger partial charge on any atom is -0.364 e. The summed E-state index contributed by atoms with van der Waals surface area (Å²) in [6, 6.07) is 10.8. The molecule has 2 rings (SSSR count). The third-order valence-electron chi connectivity index (χ3n) is 2.87. The Kier molecular flexibility index (Phi) is 2.57. The first kappa shape index (κ1) is 9.69. The van der Waals surface area contributed by atoms with Gasteiger partial charge in [-0.1, -0.05) is 30.3 Å². The first-order chi connectivity index (χ1) is 6.76. The molecule has 76 valence electrons. The van der Waals surface area contributed by atoms with Gasteiger partial charge in [-0.3, -0.25) is 5.32 Å². The molecule has 1 unspecified atom stereocenters. The van der Waals surface area contributed by atoms with Crippen LogP contribution >= 0.6 is 0 Å². The highest BCUT2D eigenvalue weighted by atomic mass is 16.5. The van der Waals surface area contributed by atoms with Gasteiger partial charge in [0.15, 0.2) is 0 Å². The van der Waals surface area contributed by atoms with Gasteiger partial charge in [0.25, 0.3) is 0 Å². The van der Waals surface area contributed by atoms with Crippen LogP contribution in [0.5, 0.6) is 0 Å². The highest BCUT2D eigenvalue weighted by molar-refractivity contribution is 5.19. The molecule has 0 heterocycles. The van der Waals surface area contributed by atoms with Crippen LogP contribution in [0.25, 0.3) is 0 Å². The van der Waals surface area contributed by atoms with E-state index < -0.39 is 0 Å². The molecule has 14 heavy (non-hydrogen) atoms. The van der Waals surface area contributed by atoms with Crippen LogP contribution in [0.1, 0.15) is 31.4 Å². The molecule has 0 saturated heterocycles. The lowest BCUT2D eigenvalue weighted by molar-refractivity contribution is 0.0415. The van der Waals surface area contributed by atoms with Gasteiger partial charge in [-0.15, -0.1) is 0 Å². The minimum atomic E-state index is -0.0325. The first-order valence-corrected chi connectivity index (χ1v) is 5.13. The molecular formula is C12H17NO. The van der Waals surface area contributed by atoms with Gasteiger partial charge in [0.2, 0.25) is 0 Å². The average Bonchev–Trinajstić information content (AvgIpc) is 3.00. The van der Waals surface area contributed by atoms with E-state index in [0.29, 0.717) is 6.04 Å². The zero-order valence-corrected chi connectivity index (χ0v) is 8.79. The molecule has 1 aromatic carbocycles. The van der Waals surface area contributed by atoms with Crippen molar-refractivity contribution >= 4 is 0 Å². The summed E-state index contributed by atoms with van der Waals surface area (Å²) in [7, 11) is 1.78. The third-order valence-corrected chi connectivity index (χ3v) is 2.87. The van der Waals surface area contributed by atoms with Crippen LogP contribution in [0, 0.1) is 0 Å². The summed E-state index contributed by atoms with van der Waals surface area (Å²) in [5.74, 6) is 0. The van der Waals surface area contributed by atoms with Crippen LogP contribution < -0.4 is 5.32 Å². The monoisotopic (exact) mass is 191 g/mol. The van der Waals surface area contributed by atoms with Crippen molar-refractivity contribution in [2.24, 2.45) is 0 Å². The molecule has 0 bridgehead atoms. The molecule has 0 aliphatic heterocycles. The predicted octanol–water partition coefficient (Wildman–Crippen LogP) is 2.47. The minimum absolute atomic E-state index is 0.0325. The molecule has 0 radical (unpaired) electrons. The smallest absolute Gasteiger partial charge is 0.119 e. The van der Waals surface area contributed by atoms with E-state index in [0.717, 1.165) is 12.8 Å². The molecule has 1 saturated carbocycles. The molecule has 1 aliphatic rings. The van der Waals surface area contributed by atoms with Gasteiger partial charge in [0.1, 0.15) is 5.72 Å². The SMILES string of the molecule is COC1(NC(C)c2ccccc2)CC1. The Bertz CT molecular complexity index is 292. The van der Waals surface area contributed by atoms with Crippen molar-refractivity contribution in [2.45, 2.75) is 31.5 Å². The van der Waals surface area contributed by atoms with Gasteiger partial charge in [-0.2, -0.15) is 0 Å². The zero-order valence-electron chi connectivity index (χ0n) is 8.79.